The number of hydrogen-bond acceptors (Lipinski definition) is 3. The van der Waals surface area contributed by atoms with Crippen LogP contribution < -0.4 is 5.32 Å². The fraction of sp³-hybridized carbons (Fsp3) is 0.909. The first-order valence-corrected chi connectivity index (χ1v) is 5.73. The van der Waals surface area contributed by atoms with E-state index in [9.17, 15) is 4.79 Å². The zero-order chi connectivity index (χ0) is 9.97. The zero-order valence-electron chi connectivity index (χ0n) is 8.79. The van der Waals surface area contributed by atoms with Crippen LogP contribution in [-0.2, 0) is 9.53 Å². The lowest BCUT2D eigenvalue weighted by molar-refractivity contribution is -0.150. The van der Waals surface area contributed by atoms with Crippen LogP contribution in [-0.4, -0.2) is 24.2 Å². The third kappa shape index (κ3) is 2.27. The molecule has 0 aromatic carbocycles. The number of rotatable bonds is 3. The molecule has 1 unspecified atom stereocenters. The van der Waals surface area contributed by atoms with E-state index < -0.39 is 0 Å². The Morgan fingerprint density at radius 1 is 1.36 bits per heavy atom. The molecule has 2 bridgehead atoms. The monoisotopic (exact) mass is 197 g/mol. The van der Waals surface area contributed by atoms with Gasteiger partial charge in [-0.1, -0.05) is 6.92 Å². The molecule has 80 valence electrons. The normalized spacial score (nSPS) is 35.6. The highest BCUT2D eigenvalue weighted by atomic mass is 16.5. The topological polar surface area (TPSA) is 38.3 Å². The Morgan fingerprint density at radius 2 is 2.00 bits per heavy atom. The lowest BCUT2D eigenvalue weighted by Crippen LogP contribution is -2.42. The SMILES string of the molecule is CCCC(=O)OC1C[C@H]2CC[C@@H](C1)N2. The quantitative estimate of drug-likeness (QED) is 0.699. The Balaban J connectivity index is 1.79. The first-order chi connectivity index (χ1) is 6.78. The number of nitrogens with one attached hydrogen (secondary N) is 1. The third-order valence-electron chi connectivity index (χ3n) is 3.18. The van der Waals surface area contributed by atoms with Crippen LogP contribution in [0.5, 0.6) is 0 Å². The summed E-state index contributed by atoms with van der Waals surface area (Å²) in [5.41, 5.74) is 0. The molecule has 0 radical (unpaired) electrons. The number of carbonyl (C=O) groups excluding carboxylic acids is 1. The predicted molar refractivity (Wildman–Crippen MR) is 54.0 cm³/mol. The van der Waals surface area contributed by atoms with Crippen molar-refractivity contribution in [3.8, 4) is 0 Å². The zero-order valence-corrected chi connectivity index (χ0v) is 8.79. The summed E-state index contributed by atoms with van der Waals surface area (Å²) < 4.78 is 5.43. The molecule has 14 heavy (non-hydrogen) atoms. The largest absolute Gasteiger partial charge is 0.462 e. The van der Waals surface area contributed by atoms with E-state index in [1.165, 1.54) is 12.8 Å². The van der Waals surface area contributed by atoms with Gasteiger partial charge >= 0.3 is 5.97 Å². The lowest BCUT2D eigenvalue weighted by atomic mass is 10.0. The highest BCUT2D eigenvalue weighted by Gasteiger charge is 2.34. The summed E-state index contributed by atoms with van der Waals surface area (Å²) >= 11 is 0. The second kappa shape index (κ2) is 4.30. The maximum Gasteiger partial charge on any atom is 0.306 e. The predicted octanol–water partition coefficient (Wildman–Crippen LogP) is 1.61. The Labute approximate surface area is 85.2 Å². The molecule has 2 heterocycles. The van der Waals surface area contributed by atoms with Gasteiger partial charge in [-0.05, 0) is 32.1 Å². The summed E-state index contributed by atoms with van der Waals surface area (Å²) in [5.74, 6) is -0.0150. The van der Waals surface area contributed by atoms with E-state index in [4.69, 9.17) is 4.74 Å². The number of piperidine rings is 1. The van der Waals surface area contributed by atoms with Crippen LogP contribution in [0.15, 0.2) is 0 Å². The van der Waals surface area contributed by atoms with E-state index in [1.54, 1.807) is 0 Å². The fourth-order valence-corrected chi connectivity index (χ4v) is 2.55. The summed E-state index contributed by atoms with van der Waals surface area (Å²) in [6.45, 7) is 2.01. The molecule has 2 aliphatic heterocycles. The van der Waals surface area contributed by atoms with E-state index in [1.807, 2.05) is 6.92 Å². The standard InChI is InChI=1S/C11H19NO2/c1-2-3-11(13)14-10-6-8-4-5-9(7-10)12-8/h8-10,12H,2-7H2,1H3/t8-,9+,10?. The maximum absolute atomic E-state index is 11.3. The van der Waals surface area contributed by atoms with Gasteiger partial charge in [-0.15, -0.1) is 0 Å². The van der Waals surface area contributed by atoms with Gasteiger partial charge in [-0.25, -0.2) is 0 Å². The third-order valence-corrected chi connectivity index (χ3v) is 3.18. The van der Waals surface area contributed by atoms with Crippen LogP contribution in [0, 0.1) is 0 Å². The first-order valence-electron chi connectivity index (χ1n) is 5.73. The average molecular weight is 197 g/mol. The van der Waals surface area contributed by atoms with E-state index in [0.717, 1.165) is 19.3 Å². The molecule has 0 spiro atoms. The van der Waals surface area contributed by atoms with Gasteiger partial charge in [0.1, 0.15) is 6.10 Å². The van der Waals surface area contributed by atoms with Crippen molar-refractivity contribution in [1.82, 2.24) is 5.32 Å². The molecule has 0 aliphatic carbocycles. The summed E-state index contributed by atoms with van der Waals surface area (Å²) in [6, 6.07) is 1.21. The summed E-state index contributed by atoms with van der Waals surface area (Å²) in [7, 11) is 0. The van der Waals surface area contributed by atoms with Crippen molar-refractivity contribution in [3.05, 3.63) is 0 Å². The van der Waals surface area contributed by atoms with E-state index in [0.29, 0.717) is 18.5 Å². The van der Waals surface area contributed by atoms with Crippen molar-refractivity contribution < 1.29 is 9.53 Å². The highest BCUT2D eigenvalue weighted by Crippen LogP contribution is 2.28. The van der Waals surface area contributed by atoms with Crippen LogP contribution in [0.4, 0.5) is 0 Å². The van der Waals surface area contributed by atoms with Crippen molar-refractivity contribution in [1.29, 1.82) is 0 Å². The van der Waals surface area contributed by atoms with Crippen molar-refractivity contribution in [3.63, 3.8) is 0 Å². The molecule has 3 atom stereocenters. The smallest absolute Gasteiger partial charge is 0.306 e. The van der Waals surface area contributed by atoms with Crippen molar-refractivity contribution in [2.75, 3.05) is 0 Å². The van der Waals surface area contributed by atoms with Gasteiger partial charge < -0.3 is 10.1 Å². The fourth-order valence-electron chi connectivity index (χ4n) is 2.55. The van der Waals surface area contributed by atoms with Crippen LogP contribution in [0.2, 0.25) is 0 Å². The second-order valence-corrected chi connectivity index (χ2v) is 4.47. The Kier molecular flexibility index (Phi) is 3.06. The van der Waals surface area contributed by atoms with Crippen molar-refractivity contribution in [2.24, 2.45) is 0 Å². The molecule has 3 nitrogen and oxygen atoms in total. The van der Waals surface area contributed by atoms with E-state index >= 15 is 0 Å². The Bertz CT molecular complexity index is 205. The van der Waals surface area contributed by atoms with Crippen LogP contribution in [0.1, 0.15) is 45.4 Å². The maximum atomic E-state index is 11.3. The molecule has 3 heteroatoms. The molecule has 1 N–H and O–H groups in total. The molecule has 0 aromatic heterocycles. The molecule has 2 aliphatic rings. The van der Waals surface area contributed by atoms with Gasteiger partial charge in [-0.2, -0.15) is 0 Å². The first kappa shape index (κ1) is 9.97. The molecular formula is C11H19NO2. The highest BCUT2D eigenvalue weighted by molar-refractivity contribution is 5.69. The van der Waals surface area contributed by atoms with Crippen LogP contribution >= 0.6 is 0 Å². The van der Waals surface area contributed by atoms with Crippen molar-refractivity contribution in [2.45, 2.75) is 63.6 Å². The molecule has 2 fully saturated rings. The lowest BCUT2D eigenvalue weighted by Gasteiger charge is -2.28. The van der Waals surface area contributed by atoms with Gasteiger partial charge in [0.2, 0.25) is 0 Å². The number of hydrogen-bond donors (Lipinski definition) is 1. The van der Waals surface area contributed by atoms with E-state index in [2.05, 4.69) is 5.32 Å². The molecule has 2 rings (SSSR count). The number of ether oxygens (including phenoxy) is 1. The minimum Gasteiger partial charge on any atom is -0.462 e. The molecular weight excluding hydrogens is 178 g/mol. The van der Waals surface area contributed by atoms with E-state index in [-0.39, 0.29) is 12.1 Å². The molecule has 0 amide bonds. The number of carbonyl (C=O) groups is 1. The summed E-state index contributed by atoms with van der Waals surface area (Å²) in [6.07, 6.45) is 6.19. The number of esters is 1. The Hall–Kier alpha value is -0.570. The summed E-state index contributed by atoms with van der Waals surface area (Å²) in [4.78, 5) is 11.3. The summed E-state index contributed by atoms with van der Waals surface area (Å²) in [5, 5.41) is 3.53. The average Bonchev–Trinajstić information content (AvgIpc) is 2.46. The van der Waals surface area contributed by atoms with Gasteiger partial charge in [-0.3, -0.25) is 4.79 Å². The van der Waals surface area contributed by atoms with Crippen LogP contribution in [0.25, 0.3) is 0 Å². The molecule has 2 saturated heterocycles. The van der Waals surface area contributed by atoms with Gasteiger partial charge in [0.25, 0.3) is 0 Å². The van der Waals surface area contributed by atoms with Gasteiger partial charge in [0, 0.05) is 18.5 Å². The minimum atomic E-state index is -0.0150. The number of fused-ring (bicyclic) bond motifs is 2. The minimum absolute atomic E-state index is 0.0150. The molecule has 0 aromatic rings. The van der Waals surface area contributed by atoms with Gasteiger partial charge in [0.05, 0.1) is 0 Å². The van der Waals surface area contributed by atoms with Crippen molar-refractivity contribution >= 4 is 5.97 Å². The second-order valence-electron chi connectivity index (χ2n) is 4.47. The molecule has 0 saturated carbocycles. The Morgan fingerprint density at radius 3 is 2.57 bits per heavy atom. The van der Waals surface area contributed by atoms with Crippen LogP contribution in [0.3, 0.4) is 0 Å². The van der Waals surface area contributed by atoms with Gasteiger partial charge in [0.15, 0.2) is 0 Å².